The SMILES string of the molecule is CCc1nc2sc(C(c3ccc(Cl)cc3Cl)N3CCCCC3)c(O)n2n1. The molecular weight excluding hydrogens is 391 g/mol. The van der Waals surface area contributed by atoms with Gasteiger partial charge in [-0.3, -0.25) is 4.90 Å². The first-order valence-electron chi connectivity index (χ1n) is 8.84. The van der Waals surface area contributed by atoms with Crippen LogP contribution in [0, 0.1) is 0 Å². The van der Waals surface area contributed by atoms with E-state index in [0.29, 0.717) is 15.0 Å². The summed E-state index contributed by atoms with van der Waals surface area (Å²) in [5.41, 5.74) is 0.952. The van der Waals surface area contributed by atoms with E-state index in [1.54, 1.807) is 10.6 Å². The van der Waals surface area contributed by atoms with E-state index in [0.717, 1.165) is 48.6 Å². The minimum atomic E-state index is -0.126. The monoisotopic (exact) mass is 410 g/mol. The van der Waals surface area contributed by atoms with Crippen molar-refractivity contribution in [2.24, 2.45) is 0 Å². The van der Waals surface area contributed by atoms with Crippen molar-refractivity contribution in [1.29, 1.82) is 0 Å². The Kier molecular flexibility index (Phi) is 5.10. The van der Waals surface area contributed by atoms with Gasteiger partial charge in [0.25, 0.3) is 0 Å². The lowest BCUT2D eigenvalue weighted by Crippen LogP contribution is -2.34. The summed E-state index contributed by atoms with van der Waals surface area (Å²) in [5.74, 6) is 0.885. The molecule has 1 aromatic carbocycles. The molecule has 1 N–H and O–H groups in total. The zero-order valence-corrected chi connectivity index (χ0v) is 16.8. The van der Waals surface area contributed by atoms with Crippen LogP contribution in [0.3, 0.4) is 0 Å². The molecule has 0 saturated carbocycles. The van der Waals surface area contributed by atoms with Crippen LogP contribution in [0.1, 0.15) is 48.5 Å². The Labute approximate surface area is 166 Å². The first-order chi connectivity index (χ1) is 12.6. The number of hydrogen-bond acceptors (Lipinski definition) is 5. The Bertz CT molecular complexity index is 933. The first kappa shape index (κ1) is 18.0. The Hall–Kier alpha value is -1.34. The molecular formula is C18H20Cl2N4OS. The molecule has 8 heteroatoms. The minimum Gasteiger partial charge on any atom is -0.492 e. The van der Waals surface area contributed by atoms with E-state index in [1.165, 1.54) is 17.8 Å². The van der Waals surface area contributed by atoms with E-state index in [2.05, 4.69) is 15.0 Å². The number of aromatic nitrogens is 3. The summed E-state index contributed by atoms with van der Waals surface area (Å²) < 4.78 is 1.54. The molecule has 1 aliphatic rings. The van der Waals surface area contributed by atoms with E-state index in [1.807, 2.05) is 19.1 Å². The number of aromatic hydroxyl groups is 1. The molecule has 1 saturated heterocycles. The number of nitrogens with zero attached hydrogens (tertiary/aromatic N) is 4. The van der Waals surface area contributed by atoms with Crippen LogP contribution in [0.25, 0.3) is 4.96 Å². The third-order valence-corrected chi connectivity index (χ3v) is 6.46. The second kappa shape index (κ2) is 7.35. The van der Waals surface area contributed by atoms with Gasteiger partial charge >= 0.3 is 0 Å². The minimum absolute atomic E-state index is 0.126. The molecule has 1 fully saturated rings. The maximum atomic E-state index is 10.9. The van der Waals surface area contributed by atoms with E-state index in [4.69, 9.17) is 23.2 Å². The van der Waals surface area contributed by atoms with Gasteiger partial charge in [0.2, 0.25) is 10.8 Å². The van der Waals surface area contributed by atoms with Crippen LogP contribution in [0.2, 0.25) is 10.0 Å². The summed E-state index contributed by atoms with van der Waals surface area (Å²) in [6.07, 6.45) is 4.26. The third-order valence-electron chi connectivity index (χ3n) is 4.82. The summed E-state index contributed by atoms with van der Waals surface area (Å²) >= 11 is 14.1. The van der Waals surface area contributed by atoms with Crippen LogP contribution in [-0.4, -0.2) is 37.7 Å². The van der Waals surface area contributed by atoms with Gasteiger partial charge in [0.1, 0.15) is 0 Å². The number of thiazole rings is 1. The smallest absolute Gasteiger partial charge is 0.230 e. The summed E-state index contributed by atoms with van der Waals surface area (Å²) in [5, 5.41) is 16.5. The fourth-order valence-corrected chi connectivity index (χ4v) is 5.16. The molecule has 0 amide bonds. The van der Waals surface area contributed by atoms with Crippen LogP contribution in [0.5, 0.6) is 5.88 Å². The lowest BCUT2D eigenvalue weighted by atomic mass is 10.0. The van der Waals surface area contributed by atoms with E-state index in [9.17, 15) is 5.11 Å². The highest BCUT2D eigenvalue weighted by Crippen LogP contribution is 2.43. The second-order valence-corrected chi connectivity index (χ2v) is 8.38. The van der Waals surface area contributed by atoms with Gasteiger partial charge in [-0.1, -0.05) is 53.9 Å². The van der Waals surface area contributed by atoms with Gasteiger partial charge in [0.15, 0.2) is 5.82 Å². The number of piperidine rings is 1. The Morgan fingerprint density at radius 3 is 2.65 bits per heavy atom. The Morgan fingerprint density at radius 2 is 2.00 bits per heavy atom. The van der Waals surface area contributed by atoms with Crippen molar-refractivity contribution >= 4 is 39.5 Å². The van der Waals surface area contributed by atoms with Crippen LogP contribution >= 0.6 is 34.5 Å². The fraction of sp³-hybridized carbons (Fsp3) is 0.444. The topological polar surface area (TPSA) is 53.7 Å². The number of fused-ring (bicyclic) bond motifs is 1. The molecule has 5 nitrogen and oxygen atoms in total. The number of aryl methyl sites for hydroxylation is 1. The van der Waals surface area contributed by atoms with Gasteiger partial charge in [-0.05, 0) is 43.6 Å². The summed E-state index contributed by atoms with van der Waals surface area (Å²) in [4.78, 5) is 8.42. The highest BCUT2D eigenvalue weighted by atomic mass is 35.5. The van der Waals surface area contributed by atoms with Crippen LogP contribution in [0.15, 0.2) is 18.2 Å². The van der Waals surface area contributed by atoms with Gasteiger partial charge in [-0.25, -0.2) is 4.98 Å². The van der Waals surface area contributed by atoms with Gasteiger partial charge < -0.3 is 5.11 Å². The molecule has 2 aromatic heterocycles. The maximum Gasteiger partial charge on any atom is 0.230 e. The van der Waals surface area contributed by atoms with Crippen molar-refractivity contribution in [2.75, 3.05) is 13.1 Å². The molecule has 1 unspecified atom stereocenters. The molecule has 0 spiro atoms. The number of benzene rings is 1. The molecule has 3 heterocycles. The number of rotatable bonds is 4. The maximum absolute atomic E-state index is 10.9. The van der Waals surface area contributed by atoms with Crippen molar-refractivity contribution in [3.05, 3.63) is 44.5 Å². The van der Waals surface area contributed by atoms with Crippen molar-refractivity contribution in [1.82, 2.24) is 19.5 Å². The molecule has 26 heavy (non-hydrogen) atoms. The number of hydrogen-bond donors (Lipinski definition) is 1. The molecule has 1 atom stereocenters. The zero-order chi connectivity index (χ0) is 18.3. The lowest BCUT2D eigenvalue weighted by molar-refractivity contribution is 0.186. The Morgan fingerprint density at radius 1 is 1.23 bits per heavy atom. The van der Waals surface area contributed by atoms with Gasteiger partial charge in [0, 0.05) is 16.5 Å². The highest BCUT2D eigenvalue weighted by molar-refractivity contribution is 7.17. The summed E-state index contributed by atoms with van der Waals surface area (Å²) in [6.45, 7) is 3.94. The molecule has 0 aliphatic carbocycles. The quantitative estimate of drug-likeness (QED) is 0.661. The van der Waals surface area contributed by atoms with Crippen LogP contribution < -0.4 is 0 Å². The van der Waals surface area contributed by atoms with Gasteiger partial charge in [-0.15, -0.1) is 5.10 Å². The average Bonchev–Trinajstić information content (AvgIpc) is 3.18. The predicted octanol–water partition coefficient (Wildman–Crippen LogP) is 4.94. The number of likely N-dealkylation sites (tertiary alicyclic amines) is 1. The molecule has 138 valence electrons. The normalized spacial score (nSPS) is 17.0. The second-order valence-electron chi connectivity index (χ2n) is 6.53. The van der Waals surface area contributed by atoms with E-state index in [-0.39, 0.29) is 11.9 Å². The van der Waals surface area contributed by atoms with Gasteiger partial charge in [-0.2, -0.15) is 4.52 Å². The van der Waals surface area contributed by atoms with Crippen molar-refractivity contribution in [3.63, 3.8) is 0 Å². The molecule has 0 bridgehead atoms. The molecule has 1 aliphatic heterocycles. The summed E-state index contributed by atoms with van der Waals surface area (Å²) in [7, 11) is 0. The van der Waals surface area contributed by atoms with E-state index < -0.39 is 0 Å². The molecule has 4 rings (SSSR count). The zero-order valence-electron chi connectivity index (χ0n) is 14.5. The standard InChI is InChI=1S/C18H20Cl2N4OS/c1-2-14-21-18-24(22-14)17(25)16(26-18)15(23-8-4-3-5-9-23)12-7-6-11(19)10-13(12)20/h6-7,10,15,25H,2-5,8-9H2,1H3. The van der Waals surface area contributed by atoms with Crippen molar-refractivity contribution in [3.8, 4) is 5.88 Å². The highest BCUT2D eigenvalue weighted by Gasteiger charge is 2.31. The molecule has 3 aromatic rings. The average molecular weight is 411 g/mol. The van der Waals surface area contributed by atoms with Crippen LogP contribution in [0.4, 0.5) is 0 Å². The lowest BCUT2D eigenvalue weighted by Gasteiger charge is -2.34. The first-order valence-corrected chi connectivity index (χ1v) is 10.4. The molecule has 0 radical (unpaired) electrons. The summed E-state index contributed by atoms with van der Waals surface area (Å²) in [6, 6.07) is 5.44. The number of halogens is 2. The van der Waals surface area contributed by atoms with Crippen molar-refractivity contribution < 1.29 is 5.11 Å². The van der Waals surface area contributed by atoms with Gasteiger partial charge in [0.05, 0.1) is 10.9 Å². The largest absolute Gasteiger partial charge is 0.492 e. The van der Waals surface area contributed by atoms with E-state index >= 15 is 0 Å². The predicted molar refractivity (Wildman–Crippen MR) is 106 cm³/mol. The fourth-order valence-electron chi connectivity index (χ4n) is 3.52. The van der Waals surface area contributed by atoms with Crippen molar-refractivity contribution in [2.45, 2.75) is 38.6 Å². The third kappa shape index (κ3) is 3.20. The van der Waals surface area contributed by atoms with Crippen LogP contribution in [-0.2, 0) is 6.42 Å². The Balaban J connectivity index is 1.84.